The highest BCUT2D eigenvalue weighted by atomic mass is 32.1. The number of thiophene rings is 1. The van der Waals surface area contributed by atoms with E-state index in [9.17, 15) is 14.7 Å². The summed E-state index contributed by atoms with van der Waals surface area (Å²) >= 11 is 1.28. The van der Waals surface area contributed by atoms with Crippen LogP contribution >= 0.6 is 11.3 Å². The quantitative estimate of drug-likeness (QED) is 0.732. The van der Waals surface area contributed by atoms with Crippen LogP contribution in [0.2, 0.25) is 0 Å². The Bertz CT molecular complexity index is 778. The first-order valence-corrected chi connectivity index (χ1v) is 9.03. The third-order valence-corrected chi connectivity index (χ3v) is 5.05. The van der Waals surface area contributed by atoms with Gasteiger partial charge in [0.1, 0.15) is 11.8 Å². The summed E-state index contributed by atoms with van der Waals surface area (Å²) in [4.78, 5) is 28.7. The van der Waals surface area contributed by atoms with E-state index in [4.69, 9.17) is 4.42 Å². The minimum absolute atomic E-state index is 0.0969. The van der Waals surface area contributed by atoms with Crippen molar-refractivity contribution in [1.29, 1.82) is 0 Å². The number of amides is 1. The summed E-state index contributed by atoms with van der Waals surface area (Å²) in [5, 5.41) is 12.2. The predicted octanol–water partition coefficient (Wildman–Crippen LogP) is 1.45. The molecule has 1 atom stereocenters. The van der Waals surface area contributed by atoms with Crippen molar-refractivity contribution in [2.75, 3.05) is 27.2 Å². The average molecular weight is 361 g/mol. The van der Waals surface area contributed by atoms with Crippen LogP contribution in [0.15, 0.2) is 51.7 Å². The largest absolute Gasteiger partial charge is 0.503 e. The summed E-state index contributed by atoms with van der Waals surface area (Å²) in [7, 11) is 4.08. The number of aliphatic hydroxyl groups excluding tert-OH is 1. The highest BCUT2D eigenvalue weighted by molar-refractivity contribution is 7.12. The van der Waals surface area contributed by atoms with Crippen LogP contribution in [0.1, 0.15) is 27.9 Å². The number of nitrogens with zero attached hydrogens (tertiary/aromatic N) is 1. The monoisotopic (exact) mass is 361 g/mol. The Hall–Kier alpha value is -2.38. The Labute approximate surface area is 150 Å². The molecule has 132 valence electrons. The van der Waals surface area contributed by atoms with Gasteiger partial charge in [-0.3, -0.25) is 9.59 Å². The lowest BCUT2D eigenvalue weighted by Crippen LogP contribution is -3.05. The Balaban J connectivity index is 1.94. The standard InChI is InChI=1S/C18H20N2O4S/c1-19(2)8-5-9-20-15(12-6-3-10-24-12)14(17(22)18(20)23)16(21)13-7-4-11-25-13/h3-4,6-7,10-11,15,22H,5,8-9H2,1-2H3/p+1/t15-/m0/s1. The number of carbonyl (C=O) groups excluding carboxylic acids is 2. The van der Waals surface area contributed by atoms with Crippen molar-refractivity contribution >= 4 is 23.0 Å². The van der Waals surface area contributed by atoms with Gasteiger partial charge in [0.15, 0.2) is 5.76 Å². The molecule has 1 aliphatic heterocycles. The molecule has 0 spiro atoms. The number of hydrogen-bond acceptors (Lipinski definition) is 5. The highest BCUT2D eigenvalue weighted by Gasteiger charge is 2.45. The lowest BCUT2D eigenvalue weighted by Gasteiger charge is -2.24. The molecule has 2 aromatic heterocycles. The molecule has 0 aliphatic carbocycles. The van der Waals surface area contributed by atoms with Gasteiger partial charge in [0.2, 0.25) is 5.78 Å². The first-order valence-electron chi connectivity index (χ1n) is 8.15. The first kappa shape index (κ1) is 17.4. The average Bonchev–Trinajstić information content (AvgIpc) is 3.31. The Morgan fingerprint density at radius 3 is 2.76 bits per heavy atom. The van der Waals surface area contributed by atoms with Gasteiger partial charge in [0.05, 0.1) is 37.4 Å². The number of rotatable bonds is 7. The second-order valence-corrected chi connectivity index (χ2v) is 7.24. The SMILES string of the molecule is C[NH+](C)CCCN1C(=O)C(O)=C(C(=O)c2cccs2)[C@@H]1c1ccco1. The van der Waals surface area contributed by atoms with E-state index in [-0.39, 0.29) is 11.4 Å². The van der Waals surface area contributed by atoms with Crippen LogP contribution in [-0.4, -0.2) is 48.9 Å². The normalized spacial score (nSPS) is 17.8. The van der Waals surface area contributed by atoms with Crippen LogP contribution in [0.3, 0.4) is 0 Å². The molecule has 3 heterocycles. The Morgan fingerprint density at radius 2 is 2.16 bits per heavy atom. The first-order chi connectivity index (χ1) is 12.0. The van der Waals surface area contributed by atoms with Crippen molar-refractivity contribution in [1.82, 2.24) is 4.90 Å². The van der Waals surface area contributed by atoms with Gasteiger partial charge >= 0.3 is 0 Å². The molecule has 0 radical (unpaired) electrons. The van der Waals surface area contributed by atoms with Crippen LogP contribution < -0.4 is 4.90 Å². The molecule has 1 aliphatic rings. The molecule has 7 heteroatoms. The number of nitrogens with one attached hydrogen (secondary N) is 1. The molecule has 6 nitrogen and oxygen atoms in total. The molecule has 2 aromatic rings. The topological polar surface area (TPSA) is 75.2 Å². The summed E-state index contributed by atoms with van der Waals surface area (Å²) in [5.41, 5.74) is 0.0969. The van der Waals surface area contributed by atoms with Gasteiger partial charge < -0.3 is 19.3 Å². The highest BCUT2D eigenvalue weighted by Crippen LogP contribution is 2.39. The number of aliphatic hydroxyl groups is 1. The molecule has 0 saturated carbocycles. The van der Waals surface area contributed by atoms with E-state index < -0.39 is 17.7 Å². The molecule has 2 N–H and O–H groups in total. The van der Waals surface area contributed by atoms with E-state index >= 15 is 0 Å². The van der Waals surface area contributed by atoms with Gasteiger partial charge in [-0.25, -0.2) is 0 Å². The summed E-state index contributed by atoms with van der Waals surface area (Å²) in [6.45, 7) is 1.32. The van der Waals surface area contributed by atoms with Crippen LogP contribution in [0.25, 0.3) is 0 Å². The molecule has 0 fully saturated rings. The van der Waals surface area contributed by atoms with Crippen LogP contribution in [0.4, 0.5) is 0 Å². The number of Topliss-reactive ketones (excluding diaryl/α,β-unsaturated/α-hetero) is 1. The van der Waals surface area contributed by atoms with Crippen molar-refractivity contribution < 1.29 is 24.0 Å². The van der Waals surface area contributed by atoms with E-state index in [1.807, 2.05) is 14.1 Å². The fourth-order valence-electron chi connectivity index (χ4n) is 3.00. The molecule has 0 aromatic carbocycles. The number of quaternary nitrogens is 1. The predicted molar refractivity (Wildman–Crippen MR) is 93.8 cm³/mol. The zero-order valence-corrected chi connectivity index (χ0v) is 15.0. The van der Waals surface area contributed by atoms with Crippen molar-refractivity contribution in [2.24, 2.45) is 0 Å². The van der Waals surface area contributed by atoms with Crippen LogP contribution in [0.5, 0.6) is 0 Å². The third-order valence-electron chi connectivity index (χ3n) is 4.18. The molecule has 0 saturated heterocycles. The maximum absolute atomic E-state index is 12.9. The maximum Gasteiger partial charge on any atom is 0.290 e. The van der Waals surface area contributed by atoms with Crippen molar-refractivity contribution in [3.63, 3.8) is 0 Å². The lowest BCUT2D eigenvalue weighted by molar-refractivity contribution is -0.858. The summed E-state index contributed by atoms with van der Waals surface area (Å²) in [6, 6.07) is 6.21. The third kappa shape index (κ3) is 3.38. The zero-order chi connectivity index (χ0) is 18.0. The van der Waals surface area contributed by atoms with Gasteiger partial charge in [-0.2, -0.15) is 0 Å². The number of furan rings is 1. The second kappa shape index (κ2) is 7.25. The fourth-order valence-corrected chi connectivity index (χ4v) is 3.68. The number of hydrogen-bond donors (Lipinski definition) is 2. The number of ketones is 1. The van der Waals surface area contributed by atoms with Crippen LogP contribution in [0, 0.1) is 0 Å². The molecular weight excluding hydrogens is 340 g/mol. The van der Waals surface area contributed by atoms with Crippen LogP contribution in [-0.2, 0) is 4.79 Å². The van der Waals surface area contributed by atoms with Gasteiger partial charge in [-0.05, 0) is 23.6 Å². The zero-order valence-electron chi connectivity index (χ0n) is 14.2. The summed E-state index contributed by atoms with van der Waals surface area (Å²) in [6.07, 6.45) is 2.27. The molecular formula is C18H21N2O4S+. The molecule has 1 amide bonds. The number of carbonyl (C=O) groups is 2. The van der Waals surface area contributed by atoms with Crippen molar-refractivity contribution in [2.45, 2.75) is 12.5 Å². The molecule has 25 heavy (non-hydrogen) atoms. The molecule has 3 rings (SSSR count). The van der Waals surface area contributed by atoms with E-state index in [0.29, 0.717) is 17.2 Å². The Morgan fingerprint density at radius 1 is 1.36 bits per heavy atom. The van der Waals surface area contributed by atoms with Gasteiger partial charge in [0.25, 0.3) is 5.91 Å². The lowest BCUT2D eigenvalue weighted by atomic mass is 10.00. The van der Waals surface area contributed by atoms with Gasteiger partial charge in [-0.1, -0.05) is 6.07 Å². The van der Waals surface area contributed by atoms with Crippen molar-refractivity contribution in [3.8, 4) is 0 Å². The Kier molecular flexibility index (Phi) is 5.06. The van der Waals surface area contributed by atoms with E-state index in [1.165, 1.54) is 27.4 Å². The minimum Gasteiger partial charge on any atom is -0.503 e. The van der Waals surface area contributed by atoms with Gasteiger partial charge in [0, 0.05) is 13.0 Å². The maximum atomic E-state index is 12.9. The van der Waals surface area contributed by atoms with E-state index in [2.05, 4.69) is 0 Å². The summed E-state index contributed by atoms with van der Waals surface area (Å²) < 4.78 is 5.48. The minimum atomic E-state index is -0.686. The van der Waals surface area contributed by atoms with E-state index in [1.54, 1.807) is 29.6 Å². The fraction of sp³-hybridized carbons (Fsp3) is 0.333. The van der Waals surface area contributed by atoms with E-state index in [0.717, 1.165) is 13.0 Å². The summed E-state index contributed by atoms with van der Waals surface area (Å²) in [5.74, 6) is -0.843. The van der Waals surface area contributed by atoms with Gasteiger partial charge in [-0.15, -0.1) is 11.3 Å². The molecule has 0 bridgehead atoms. The smallest absolute Gasteiger partial charge is 0.290 e. The van der Waals surface area contributed by atoms with Crippen molar-refractivity contribution in [3.05, 3.63) is 57.9 Å². The molecule has 0 unspecified atom stereocenters. The second-order valence-electron chi connectivity index (χ2n) is 6.30.